The molecule has 0 amide bonds. The SMILES string of the molecule is Cc1cc(C(C)C)nc(NCCOCC(F)F)n1. The van der Waals surface area contributed by atoms with Gasteiger partial charge in [0.25, 0.3) is 6.43 Å². The second-order valence-electron chi connectivity index (χ2n) is 4.31. The Hall–Kier alpha value is -1.30. The van der Waals surface area contributed by atoms with Gasteiger partial charge in [-0.25, -0.2) is 18.7 Å². The summed E-state index contributed by atoms with van der Waals surface area (Å²) in [6, 6.07) is 1.93. The number of anilines is 1. The molecule has 0 spiro atoms. The van der Waals surface area contributed by atoms with Gasteiger partial charge in [-0.3, -0.25) is 0 Å². The molecule has 1 aromatic rings. The molecular weight excluding hydrogens is 240 g/mol. The summed E-state index contributed by atoms with van der Waals surface area (Å²) in [4.78, 5) is 8.56. The molecule has 0 unspecified atom stereocenters. The van der Waals surface area contributed by atoms with Crippen molar-refractivity contribution in [1.29, 1.82) is 0 Å². The summed E-state index contributed by atoms with van der Waals surface area (Å²) >= 11 is 0. The molecule has 0 aliphatic rings. The highest BCUT2D eigenvalue weighted by Crippen LogP contribution is 2.14. The van der Waals surface area contributed by atoms with E-state index in [1.54, 1.807) is 0 Å². The van der Waals surface area contributed by atoms with E-state index in [9.17, 15) is 8.78 Å². The smallest absolute Gasteiger partial charge is 0.261 e. The lowest BCUT2D eigenvalue weighted by Gasteiger charge is -2.10. The molecule has 0 saturated heterocycles. The van der Waals surface area contributed by atoms with Gasteiger partial charge in [-0.15, -0.1) is 0 Å². The van der Waals surface area contributed by atoms with Crippen molar-refractivity contribution in [2.75, 3.05) is 25.1 Å². The Morgan fingerprint density at radius 2 is 2.06 bits per heavy atom. The first-order chi connectivity index (χ1) is 8.49. The number of halogens is 2. The van der Waals surface area contributed by atoms with Gasteiger partial charge < -0.3 is 10.1 Å². The maximum absolute atomic E-state index is 11.8. The van der Waals surface area contributed by atoms with Gasteiger partial charge in [-0.1, -0.05) is 13.8 Å². The molecule has 6 heteroatoms. The third-order valence-corrected chi connectivity index (χ3v) is 2.24. The van der Waals surface area contributed by atoms with Crippen LogP contribution in [0.2, 0.25) is 0 Å². The van der Waals surface area contributed by atoms with E-state index in [0.717, 1.165) is 11.4 Å². The van der Waals surface area contributed by atoms with Gasteiger partial charge in [0.15, 0.2) is 0 Å². The van der Waals surface area contributed by atoms with Gasteiger partial charge in [0.1, 0.15) is 6.61 Å². The Kier molecular flexibility index (Phi) is 5.91. The lowest BCUT2D eigenvalue weighted by atomic mass is 10.1. The maximum atomic E-state index is 11.8. The fourth-order valence-corrected chi connectivity index (χ4v) is 1.38. The molecule has 1 rings (SSSR count). The zero-order valence-electron chi connectivity index (χ0n) is 10.9. The molecule has 102 valence electrons. The molecule has 1 heterocycles. The summed E-state index contributed by atoms with van der Waals surface area (Å²) in [5.41, 5.74) is 1.84. The number of nitrogens with zero attached hydrogens (tertiary/aromatic N) is 2. The fraction of sp³-hybridized carbons (Fsp3) is 0.667. The van der Waals surface area contributed by atoms with E-state index >= 15 is 0 Å². The molecule has 0 saturated carbocycles. The molecule has 0 bridgehead atoms. The summed E-state index contributed by atoms with van der Waals surface area (Å²) in [5, 5.41) is 2.96. The maximum Gasteiger partial charge on any atom is 0.261 e. The number of hydrogen-bond acceptors (Lipinski definition) is 4. The minimum absolute atomic E-state index is 0.207. The fourth-order valence-electron chi connectivity index (χ4n) is 1.38. The first kappa shape index (κ1) is 14.8. The number of alkyl halides is 2. The van der Waals surface area contributed by atoms with Crippen LogP contribution in [-0.2, 0) is 4.74 Å². The lowest BCUT2D eigenvalue weighted by molar-refractivity contribution is 0.0214. The predicted octanol–water partition coefficient (Wildman–Crippen LogP) is 2.60. The molecule has 0 aliphatic carbocycles. The summed E-state index contributed by atoms with van der Waals surface area (Å²) in [6.45, 7) is 6.08. The standard InChI is InChI=1S/C12H19F2N3O/c1-8(2)10-6-9(3)16-12(17-10)15-4-5-18-7-11(13)14/h6,8,11H,4-5,7H2,1-3H3,(H,15,16,17). The molecule has 18 heavy (non-hydrogen) atoms. The number of aromatic nitrogens is 2. The van der Waals surface area contributed by atoms with Crippen molar-refractivity contribution in [1.82, 2.24) is 9.97 Å². The second-order valence-corrected chi connectivity index (χ2v) is 4.31. The van der Waals surface area contributed by atoms with Gasteiger partial charge >= 0.3 is 0 Å². The van der Waals surface area contributed by atoms with E-state index in [-0.39, 0.29) is 6.61 Å². The van der Waals surface area contributed by atoms with Crippen LogP contribution in [0.15, 0.2) is 6.07 Å². The van der Waals surface area contributed by atoms with Gasteiger partial charge in [0.2, 0.25) is 5.95 Å². The minimum Gasteiger partial charge on any atom is -0.374 e. The molecule has 1 N–H and O–H groups in total. The largest absolute Gasteiger partial charge is 0.374 e. The monoisotopic (exact) mass is 259 g/mol. The van der Waals surface area contributed by atoms with E-state index in [0.29, 0.717) is 18.4 Å². The molecule has 0 aromatic carbocycles. The number of hydrogen-bond donors (Lipinski definition) is 1. The van der Waals surface area contributed by atoms with Crippen LogP contribution >= 0.6 is 0 Å². The number of rotatable bonds is 7. The predicted molar refractivity (Wildman–Crippen MR) is 66.2 cm³/mol. The number of nitrogens with one attached hydrogen (secondary N) is 1. The molecule has 0 fully saturated rings. The van der Waals surface area contributed by atoms with Crippen molar-refractivity contribution >= 4 is 5.95 Å². The van der Waals surface area contributed by atoms with Crippen molar-refractivity contribution in [2.24, 2.45) is 0 Å². The van der Waals surface area contributed by atoms with E-state index in [1.165, 1.54) is 0 Å². The molecule has 1 aromatic heterocycles. The van der Waals surface area contributed by atoms with Crippen molar-refractivity contribution < 1.29 is 13.5 Å². The highest BCUT2D eigenvalue weighted by Gasteiger charge is 2.06. The zero-order chi connectivity index (χ0) is 13.5. The minimum atomic E-state index is -2.42. The first-order valence-corrected chi connectivity index (χ1v) is 5.94. The summed E-state index contributed by atoms with van der Waals surface area (Å²) in [7, 11) is 0. The molecule has 0 aliphatic heterocycles. The normalized spacial score (nSPS) is 11.3. The van der Waals surface area contributed by atoms with Crippen molar-refractivity contribution in [2.45, 2.75) is 33.1 Å². The van der Waals surface area contributed by atoms with Crippen molar-refractivity contribution in [3.05, 3.63) is 17.5 Å². The third-order valence-electron chi connectivity index (χ3n) is 2.24. The highest BCUT2D eigenvalue weighted by molar-refractivity contribution is 5.28. The molecular formula is C12H19F2N3O. The van der Waals surface area contributed by atoms with Crippen LogP contribution in [0.4, 0.5) is 14.7 Å². The van der Waals surface area contributed by atoms with Gasteiger partial charge in [-0.2, -0.15) is 0 Å². The molecule has 4 nitrogen and oxygen atoms in total. The second kappa shape index (κ2) is 7.20. The van der Waals surface area contributed by atoms with Crippen LogP contribution in [0.3, 0.4) is 0 Å². The van der Waals surface area contributed by atoms with E-state index in [2.05, 4.69) is 29.1 Å². The van der Waals surface area contributed by atoms with Crippen LogP contribution in [0.5, 0.6) is 0 Å². The van der Waals surface area contributed by atoms with E-state index < -0.39 is 13.0 Å². The lowest BCUT2D eigenvalue weighted by Crippen LogP contribution is -2.15. The Morgan fingerprint density at radius 1 is 1.33 bits per heavy atom. The Bertz CT molecular complexity index is 372. The number of aryl methyl sites for hydroxylation is 1. The number of ether oxygens (including phenoxy) is 1. The summed E-state index contributed by atoms with van der Waals surface area (Å²) in [5.74, 6) is 0.835. The van der Waals surface area contributed by atoms with Crippen LogP contribution in [-0.4, -0.2) is 36.2 Å². The van der Waals surface area contributed by atoms with Crippen molar-refractivity contribution in [3.8, 4) is 0 Å². The Balaban J connectivity index is 2.42. The zero-order valence-corrected chi connectivity index (χ0v) is 10.9. The van der Waals surface area contributed by atoms with Crippen molar-refractivity contribution in [3.63, 3.8) is 0 Å². The van der Waals surface area contributed by atoms with Gasteiger partial charge in [-0.05, 0) is 18.9 Å². The average Bonchev–Trinajstić information content (AvgIpc) is 2.27. The van der Waals surface area contributed by atoms with Crippen LogP contribution in [0.25, 0.3) is 0 Å². The van der Waals surface area contributed by atoms with E-state index in [4.69, 9.17) is 4.74 Å². The van der Waals surface area contributed by atoms with Gasteiger partial charge in [0.05, 0.1) is 6.61 Å². The topological polar surface area (TPSA) is 47.0 Å². The Morgan fingerprint density at radius 3 is 2.67 bits per heavy atom. The van der Waals surface area contributed by atoms with Gasteiger partial charge in [0, 0.05) is 17.9 Å². The highest BCUT2D eigenvalue weighted by atomic mass is 19.3. The molecule has 0 radical (unpaired) electrons. The van der Waals surface area contributed by atoms with Crippen LogP contribution in [0, 0.1) is 6.92 Å². The first-order valence-electron chi connectivity index (χ1n) is 5.94. The Labute approximate surface area is 106 Å². The quantitative estimate of drug-likeness (QED) is 0.765. The van der Waals surface area contributed by atoms with Crippen LogP contribution < -0.4 is 5.32 Å². The van der Waals surface area contributed by atoms with E-state index in [1.807, 2.05) is 13.0 Å². The summed E-state index contributed by atoms with van der Waals surface area (Å²) in [6.07, 6.45) is -2.42. The third kappa shape index (κ3) is 5.35. The average molecular weight is 259 g/mol. The van der Waals surface area contributed by atoms with Crippen LogP contribution in [0.1, 0.15) is 31.2 Å². The summed E-state index contributed by atoms with van der Waals surface area (Å²) < 4.78 is 28.4. The molecule has 0 atom stereocenters.